The van der Waals surface area contributed by atoms with Crippen molar-refractivity contribution < 1.29 is 12.8 Å². The summed E-state index contributed by atoms with van der Waals surface area (Å²) < 4.78 is 34.4. The number of nitrogens with two attached hydrogens (primary N) is 1. The monoisotopic (exact) mass is 246 g/mol. The van der Waals surface area contributed by atoms with Crippen LogP contribution in [0.15, 0.2) is 18.2 Å². The lowest BCUT2D eigenvalue weighted by molar-refractivity contribution is 0.591. The summed E-state index contributed by atoms with van der Waals surface area (Å²) in [5.74, 6) is -0.382. The molecule has 0 spiro atoms. The summed E-state index contributed by atoms with van der Waals surface area (Å²) in [6.07, 6.45) is 0. The van der Waals surface area contributed by atoms with E-state index >= 15 is 0 Å². The van der Waals surface area contributed by atoms with E-state index < -0.39 is 10.0 Å². The molecule has 0 aliphatic rings. The molecule has 0 aliphatic carbocycles. The molecule has 1 rings (SSSR count). The fraction of sp³-hybridized carbons (Fsp3) is 0.400. The predicted octanol–water partition coefficient (Wildman–Crippen LogP) is 0.512. The zero-order chi connectivity index (χ0) is 12.2. The highest BCUT2D eigenvalue weighted by molar-refractivity contribution is 7.89. The van der Waals surface area contributed by atoms with Crippen LogP contribution in [0.25, 0.3) is 0 Å². The third-order valence-corrected chi connectivity index (χ3v) is 2.90. The Labute approximate surface area is 94.7 Å². The maximum absolute atomic E-state index is 13.1. The lowest BCUT2D eigenvalue weighted by Crippen LogP contribution is -2.26. The number of nitrogens with one attached hydrogen (secondary N) is 1. The molecule has 0 amide bonds. The maximum Gasteiger partial charge on any atom is 0.210 e. The summed E-state index contributed by atoms with van der Waals surface area (Å²) in [4.78, 5) is 0. The van der Waals surface area contributed by atoms with Crippen molar-refractivity contribution in [3.8, 4) is 0 Å². The van der Waals surface area contributed by atoms with Gasteiger partial charge in [0.2, 0.25) is 10.0 Å². The third-order valence-electron chi connectivity index (χ3n) is 2.13. The van der Waals surface area contributed by atoms with E-state index in [9.17, 15) is 12.8 Å². The smallest absolute Gasteiger partial charge is 0.210 e. The topological polar surface area (TPSA) is 72.2 Å². The Morgan fingerprint density at radius 3 is 2.69 bits per heavy atom. The molecule has 0 atom stereocenters. The quantitative estimate of drug-likeness (QED) is 0.744. The van der Waals surface area contributed by atoms with Crippen LogP contribution in [0.1, 0.15) is 11.1 Å². The number of hydrogen-bond acceptors (Lipinski definition) is 3. The van der Waals surface area contributed by atoms with Gasteiger partial charge in [0.15, 0.2) is 0 Å². The second-order valence-corrected chi connectivity index (χ2v) is 5.36. The van der Waals surface area contributed by atoms with Crippen molar-refractivity contribution in [3.05, 3.63) is 35.1 Å². The van der Waals surface area contributed by atoms with Gasteiger partial charge in [0.05, 0.1) is 5.75 Å². The highest BCUT2D eigenvalue weighted by Crippen LogP contribution is 2.08. The van der Waals surface area contributed by atoms with E-state index in [4.69, 9.17) is 5.14 Å². The summed E-state index contributed by atoms with van der Waals surface area (Å²) in [5, 5.41) is 7.71. The summed E-state index contributed by atoms with van der Waals surface area (Å²) in [6.45, 7) is 2.37. The highest BCUT2D eigenvalue weighted by Gasteiger charge is 2.02. The number of sulfonamides is 1. The van der Waals surface area contributed by atoms with E-state index in [1.807, 2.05) is 0 Å². The number of primary sulfonamides is 1. The van der Waals surface area contributed by atoms with Gasteiger partial charge in [0.25, 0.3) is 0 Å². The molecule has 0 aromatic heterocycles. The van der Waals surface area contributed by atoms with Crippen LogP contribution in [-0.2, 0) is 16.6 Å². The molecule has 90 valence electrons. The third kappa shape index (κ3) is 4.69. The second kappa shape index (κ2) is 5.38. The maximum atomic E-state index is 13.1. The number of benzene rings is 1. The summed E-state index contributed by atoms with van der Waals surface area (Å²) >= 11 is 0. The molecule has 1 aromatic carbocycles. The molecule has 0 unspecified atom stereocenters. The molecule has 0 saturated carbocycles. The lowest BCUT2D eigenvalue weighted by Gasteiger charge is -2.05. The Kier molecular flexibility index (Phi) is 4.40. The van der Waals surface area contributed by atoms with E-state index in [-0.39, 0.29) is 18.1 Å². The van der Waals surface area contributed by atoms with Crippen molar-refractivity contribution in [2.45, 2.75) is 13.5 Å². The number of hydrogen-bond donors (Lipinski definition) is 2. The van der Waals surface area contributed by atoms with Gasteiger partial charge in [-0.25, -0.2) is 17.9 Å². The molecule has 0 heterocycles. The second-order valence-electron chi connectivity index (χ2n) is 3.63. The van der Waals surface area contributed by atoms with Crippen molar-refractivity contribution in [2.24, 2.45) is 5.14 Å². The van der Waals surface area contributed by atoms with Gasteiger partial charge in [-0.2, -0.15) is 0 Å². The molecule has 4 nitrogen and oxygen atoms in total. The Morgan fingerprint density at radius 1 is 1.44 bits per heavy atom. The minimum absolute atomic E-state index is 0.124. The normalized spacial score (nSPS) is 11.7. The summed E-state index contributed by atoms with van der Waals surface area (Å²) in [7, 11) is -3.43. The Hall–Kier alpha value is -0.980. The standard InChI is InChI=1S/C10H15FN2O2S/c1-8-2-3-9(6-10(8)11)7-13-4-5-16(12,14)15/h2-3,6,13H,4-5,7H2,1H3,(H2,12,14,15). The number of aryl methyl sites for hydroxylation is 1. The molecule has 6 heteroatoms. The average Bonchev–Trinajstić information content (AvgIpc) is 2.17. The van der Waals surface area contributed by atoms with Gasteiger partial charge in [-0.1, -0.05) is 12.1 Å². The van der Waals surface area contributed by atoms with Crippen molar-refractivity contribution in [3.63, 3.8) is 0 Å². The van der Waals surface area contributed by atoms with Crippen LogP contribution in [-0.4, -0.2) is 20.7 Å². The molecular weight excluding hydrogens is 231 g/mol. The molecule has 0 fully saturated rings. The summed E-state index contributed by atoms with van der Waals surface area (Å²) in [5.41, 5.74) is 1.37. The predicted molar refractivity (Wildman–Crippen MR) is 60.8 cm³/mol. The van der Waals surface area contributed by atoms with Gasteiger partial charge < -0.3 is 5.32 Å². The van der Waals surface area contributed by atoms with Crippen LogP contribution < -0.4 is 10.5 Å². The van der Waals surface area contributed by atoms with Crippen molar-refractivity contribution in [2.75, 3.05) is 12.3 Å². The molecule has 0 saturated heterocycles. The molecule has 3 N–H and O–H groups in total. The van der Waals surface area contributed by atoms with Gasteiger partial charge >= 0.3 is 0 Å². The SMILES string of the molecule is Cc1ccc(CNCCS(N)(=O)=O)cc1F. The van der Waals surface area contributed by atoms with E-state index in [1.165, 1.54) is 6.07 Å². The fourth-order valence-electron chi connectivity index (χ4n) is 1.19. The van der Waals surface area contributed by atoms with Crippen LogP contribution in [0.5, 0.6) is 0 Å². The average molecular weight is 246 g/mol. The minimum atomic E-state index is -3.43. The van der Waals surface area contributed by atoms with Crippen LogP contribution >= 0.6 is 0 Å². The van der Waals surface area contributed by atoms with Gasteiger partial charge in [-0.3, -0.25) is 0 Å². The van der Waals surface area contributed by atoms with Crippen molar-refractivity contribution in [1.82, 2.24) is 5.32 Å². The van der Waals surface area contributed by atoms with Crippen molar-refractivity contribution >= 4 is 10.0 Å². The first-order chi connectivity index (χ1) is 7.38. The first-order valence-electron chi connectivity index (χ1n) is 4.85. The molecule has 0 radical (unpaired) electrons. The zero-order valence-corrected chi connectivity index (χ0v) is 9.85. The summed E-state index contributed by atoms with van der Waals surface area (Å²) in [6, 6.07) is 4.91. The van der Waals surface area contributed by atoms with Crippen LogP contribution in [0.4, 0.5) is 4.39 Å². The van der Waals surface area contributed by atoms with Gasteiger partial charge in [-0.15, -0.1) is 0 Å². The van der Waals surface area contributed by atoms with Gasteiger partial charge in [-0.05, 0) is 24.1 Å². The lowest BCUT2D eigenvalue weighted by atomic mass is 10.1. The molecular formula is C10H15FN2O2S. The van der Waals surface area contributed by atoms with Gasteiger partial charge in [0.1, 0.15) is 5.82 Å². The highest BCUT2D eigenvalue weighted by atomic mass is 32.2. The molecule has 16 heavy (non-hydrogen) atoms. The first kappa shape index (κ1) is 13.1. The molecule has 1 aromatic rings. The Morgan fingerprint density at radius 2 is 2.12 bits per heavy atom. The van der Waals surface area contributed by atoms with Crippen LogP contribution in [0.2, 0.25) is 0 Å². The zero-order valence-electron chi connectivity index (χ0n) is 9.03. The van der Waals surface area contributed by atoms with Crippen molar-refractivity contribution in [1.29, 1.82) is 0 Å². The molecule has 0 aliphatic heterocycles. The number of halogens is 1. The molecule has 0 bridgehead atoms. The largest absolute Gasteiger partial charge is 0.312 e. The van der Waals surface area contributed by atoms with E-state index in [2.05, 4.69) is 5.32 Å². The fourth-order valence-corrected chi connectivity index (χ4v) is 1.62. The van der Waals surface area contributed by atoms with Crippen LogP contribution in [0, 0.1) is 12.7 Å². The van der Waals surface area contributed by atoms with E-state index in [1.54, 1.807) is 19.1 Å². The van der Waals surface area contributed by atoms with Crippen LogP contribution in [0.3, 0.4) is 0 Å². The van der Waals surface area contributed by atoms with Gasteiger partial charge in [0, 0.05) is 13.1 Å². The van der Waals surface area contributed by atoms with E-state index in [0.29, 0.717) is 12.1 Å². The Bertz CT molecular complexity index is 460. The van der Waals surface area contributed by atoms with E-state index in [0.717, 1.165) is 5.56 Å². The Balaban J connectivity index is 2.41. The number of rotatable bonds is 5. The first-order valence-corrected chi connectivity index (χ1v) is 6.56. The minimum Gasteiger partial charge on any atom is -0.312 e.